The minimum Gasteiger partial charge on any atom is -0.382 e. The highest BCUT2D eigenvalue weighted by molar-refractivity contribution is 6.28. The largest absolute Gasteiger partial charge is 0.382 e. The van der Waals surface area contributed by atoms with Crippen molar-refractivity contribution in [1.29, 1.82) is 0 Å². The third-order valence-electron chi connectivity index (χ3n) is 2.86. The van der Waals surface area contributed by atoms with Crippen LogP contribution >= 0.6 is 11.6 Å². The maximum absolute atomic E-state index is 11.4. The summed E-state index contributed by atoms with van der Waals surface area (Å²) >= 11 is 5.93. The lowest BCUT2D eigenvalue weighted by atomic mass is 10.3. The van der Waals surface area contributed by atoms with Crippen molar-refractivity contribution in [2.75, 3.05) is 11.1 Å². The van der Waals surface area contributed by atoms with E-state index in [0.29, 0.717) is 11.9 Å². The first kappa shape index (κ1) is 12.7. The van der Waals surface area contributed by atoms with Crippen molar-refractivity contribution in [3.63, 3.8) is 0 Å². The minimum atomic E-state index is -0.587. The van der Waals surface area contributed by atoms with Crippen LogP contribution in [0.5, 0.6) is 0 Å². The number of carbonyl (C=O) groups excluding carboxylic acids is 1. The van der Waals surface area contributed by atoms with Crippen molar-refractivity contribution in [2.24, 2.45) is 5.73 Å². The molecule has 0 unspecified atom stereocenters. The van der Waals surface area contributed by atoms with Crippen LogP contribution in [0.3, 0.4) is 0 Å². The molecule has 1 saturated carbocycles. The van der Waals surface area contributed by atoms with E-state index in [1.165, 1.54) is 17.0 Å². The second-order valence-electron chi connectivity index (χ2n) is 4.52. The SMILES string of the molecule is NC(=O)c1cnc(-n2cc(N)nc2Cl)nc1NC1CC1. The molecule has 1 aliphatic rings. The van der Waals surface area contributed by atoms with E-state index in [-0.39, 0.29) is 22.6 Å². The van der Waals surface area contributed by atoms with Gasteiger partial charge in [0.15, 0.2) is 0 Å². The number of nitrogens with zero attached hydrogens (tertiary/aromatic N) is 4. The molecule has 1 fully saturated rings. The Morgan fingerprint density at radius 1 is 1.45 bits per heavy atom. The molecule has 9 heteroatoms. The normalized spacial score (nSPS) is 14.2. The Balaban J connectivity index is 2.04. The molecule has 3 rings (SSSR count). The zero-order valence-corrected chi connectivity index (χ0v) is 11.1. The molecule has 104 valence electrons. The van der Waals surface area contributed by atoms with Gasteiger partial charge in [0, 0.05) is 12.2 Å². The number of primary amides is 1. The number of nitrogens with two attached hydrogens (primary N) is 2. The van der Waals surface area contributed by atoms with Gasteiger partial charge in [0.1, 0.15) is 11.6 Å². The summed E-state index contributed by atoms with van der Waals surface area (Å²) in [5.41, 5.74) is 11.1. The van der Waals surface area contributed by atoms with Crippen LogP contribution in [0, 0.1) is 0 Å². The molecule has 0 radical (unpaired) electrons. The standard InChI is InChI=1S/C11H12ClN7O/c12-10-17-7(13)4-19(10)11-15-3-6(8(14)20)9(18-11)16-5-1-2-5/h3-5H,1-2,13H2,(H2,14,20)(H,15,16,18). The van der Waals surface area contributed by atoms with E-state index in [9.17, 15) is 4.79 Å². The summed E-state index contributed by atoms with van der Waals surface area (Å²) in [5, 5.41) is 3.29. The number of amides is 1. The maximum atomic E-state index is 11.4. The molecule has 2 heterocycles. The molecule has 1 aliphatic carbocycles. The lowest BCUT2D eigenvalue weighted by molar-refractivity contribution is 0.100. The number of hydrogen-bond donors (Lipinski definition) is 3. The van der Waals surface area contributed by atoms with Crippen molar-refractivity contribution < 1.29 is 4.79 Å². The summed E-state index contributed by atoms with van der Waals surface area (Å²) in [6, 6.07) is 0.319. The van der Waals surface area contributed by atoms with Crippen LogP contribution in [-0.4, -0.2) is 31.5 Å². The molecule has 1 amide bonds. The monoisotopic (exact) mass is 293 g/mol. The lowest BCUT2D eigenvalue weighted by Gasteiger charge is -2.10. The molecule has 2 aromatic rings. The molecule has 8 nitrogen and oxygen atoms in total. The van der Waals surface area contributed by atoms with Gasteiger partial charge in [-0.05, 0) is 24.4 Å². The number of rotatable bonds is 4. The second kappa shape index (κ2) is 4.64. The van der Waals surface area contributed by atoms with Crippen molar-refractivity contribution >= 4 is 29.1 Å². The number of nitrogen functional groups attached to an aromatic ring is 1. The van der Waals surface area contributed by atoms with E-state index in [2.05, 4.69) is 20.3 Å². The van der Waals surface area contributed by atoms with Gasteiger partial charge >= 0.3 is 0 Å². The Hall–Kier alpha value is -2.35. The smallest absolute Gasteiger partial charge is 0.254 e. The van der Waals surface area contributed by atoms with Crippen LogP contribution in [0.1, 0.15) is 23.2 Å². The van der Waals surface area contributed by atoms with Gasteiger partial charge in [-0.2, -0.15) is 4.98 Å². The first-order chi connectivity index (χ1) is 9.54. The molecule has 0 aliphatic heterocycles. The Kier molecular flexibility index (Phi) is 2.94. The van der Waals surface area contributed by atoms with Crippen LogP contribution in [-0.2, 0) is 0 Å². The summed E-state index contributed by atoms with van der Waals surface area (Å²) < 4.78 is 1.43. The molecule has 2 aromatic heterocycles. The second-order valence-corrected chi connectivity index (χ2v) is 4.86. The van der Waals surface area contributed by atoms with E-state index in [0.717, 1.165) is 12.8 Å². The number of halogens is 1. The number of nitrogens with one attached hydrogen (secondary N) is 1. The van der Waals surface area contributed by atoms with Crippen LogP contribution in [0.4, 0.5) is 11.6 Å². The highest BCUT2D eigenvalue weighted by Gasteiger charge is 2.24. The van der Waals surface area contributed by atoms with Gasteiger partial charge in [0.2, 0.25) is 11.2 Å². The molecule has 0 atom stereocenters. The molecule has 5 N–H and O–H groups in total. The van der Waals surface area contributed by atoms with Gasteiger partial charge in [-0.15, -0.1) is 0 Å². The minimum absolute atomic E-state index is 0.145. The van der Waals surface area contributed by atoms with E-state index in [1.54, 1.807) is 0 Å². The average Bonchev–Trinajstić information content (AvgIpc) is 3.13. The van der Waals surface area contributed by atoms with Crippen LogP contribution < -0.4 is 16.8 Å². The third kappa shape index (κ3) is 2.37. The van der Waals surface area contributed by atoms with Crippen LogP contribution in [0.25, 0.3) is 5.95 Å². The fraction of sp³-hybridized carbons (Fsp3) is 0.273. The number of aromatic nitrogens is 4. The Morgan fingerprint density at radius 2 is 2.20 bits per heavy atom. The maximum Gasteiger partial charge on any atom is 0.254 e. The summed E-state index contributed by atoms with van der Waals surface area (Å²) in [7, 11) is 0. The summed E-state index contributed by atoms with van der Waals surface area (Å²) in [6.07, 6.45) is 4.94. The summed E-state index contributed by atoms with van der Waals surface area (Å²) in [4.78, 5) is 23.6. The predicted molar refractivity (Wildman–Crippen MR) is 73.7 cm³/mol. The van der Waals surface area contributed by atoms with E-state index in [4.69, 9.17) is 23.1 Å². The first-order valence-electron chi connectivity index (χ1n) is 5.98. The van der Waals surface area contributed by atoms with Gasteiger partial charge in [0.25, 0.3) is 5.91 Å². The lowest BCUT2D eigenvalue weighted by Crippen LogP contribution is -2.18. The molecule has 20 heavy (non-hydrogen) atoms. The molecule has 0 saturated heterocycles. The number of imidazole rings is 1. The molecule has 0 spiro atoms. The third-order valence-corrected chi connectivity index (χ3v) is 3.12. The predicted octanol–water partition coefficient (Wildman–Crippen LogP) is 0.571. The molecule has 0 aromatic carbocycles. The highest BCUT2D eigenvalue weighted by atomic mass is 35.5. The van der Waals surface area contributed by atoms with Crippen LogP contribution in [0.15, 0.2) is 12.4 Å². The molecular formula is C11H12ClN7O. The summed E-state index contributed by atoms with van der Waals surface area (Å²) in [5.74, 6) is 0.339. The Morgan fingerprint density at radius 3 is 2.75 bits per heavy atom. The van der Waals surface area contributed by atoms with Gasteiger partial charge in [-0.1, -0.05) is 0 Å². The number of hydrogen-bond acceptors (Lipinski definition) is 6. The van der Waals surface area contributed by atoms with Crippen molar-refractivity contribution in [1.82, 2.24) is 19.5 Å². The molecular weight excluding hydrogens is 282 g/mol. The van der Waals surface area contributed by atoms with Crippen molar-refractivity contribution in [2.45, 2.75) is 18.9 Å². The van der Waals surface area contributed by atoms with Crippen molar-refractivity contribution in [3.8, 4) is 5.95 Å². The summed E-state index contributed by atoms with van der Waals surface area (Å²) in [6.45, 7) is 0. The van der Waals surface area contributed by atoms with Gasteiger partial charge in [0.05, 0.1) is 11.8 Å². The topological polar surface area (TPSA) is 125 Å². The Bertz CT molecular complexity index is 679. The zero-order valence-electron chi connectivity index (χ0n) is 10.4. The van der Waals surface area contributed by atoms with Crippen molar-refractivity contribution in [3.05, 3.63) is 23.2 Å². The van der Waals surface area contributed by atoms with Gasteiger partial charge < -0.3 is 16.8 Å². The average molecular weight is 294 g/mol. The van der Waals surface area contributed by atoms with Gasteiger partial charge in [-0.3, -0.25) is 9.36 Å². The zero-order chi connectivity index (χ0) is 14.3. The number of anilines is 2. The number of carbonyl (C=O) groups is 1. The van der Waals surface area contributed by atoms with Crippen LogP contribution in [0.2, 0.25) is 5.28 Å². The highest BCUT2D eigenvalue weighted by Crippen LogP contribution is 2.26. The van der Waals surface area contributed by atoms with E-state index in [1.807, 2.05) is 0 Å². The van der Waals surface area contributed by atoms with E-state index < -0.39 is 5.91 Å². The first-order valence-corrected chi connectivity index (χ1v) is 6.36. The van der Waals surface area contributed by atoms with Gasteiger partial charge in [-0.25, -0.2) is 9.97 Å². The fourth-order valence-corrected chi connectivity index (χ4v) is 1.94. The van der Waals surface area contributed by atoms with E-state index >= 15 is 0 Å². The Labute approximate surface area is 119 Å². The quantitative estimate of drug-likeness (QED) is 0.757. The molecule has 0 bridgehead atoms. The fourth-order valence-electron chi connectivity index (χ4n) is 1.72.